The first-order valence-electron chi connectivity index (χ1n) is 6.03. The number of nitrogens with zero attached hydrogens (tertiary/aromatic N) is 1. The lowest BCUT2D eigenvalue weighted by Crippen LogP contribution is -2.30. The van der Waals surface area contributed by atoms with E-state index in [0.717, 1.165) is 11.1 Å². The molecular weight excluding hydrogens is 243 g/mol. The standard InChI is InChI=1S/C14H17FN4/c1-9-7-10(4-5-12(9)15)13(19-17)8-11-3-2-6-18-14(11)16/h2-7,13,19H,8,17H2,1H3,(H2,16,18). The minimum Gasteiger partial charge on any atom is -0.383 e. The number of hydrogen-bond donors (Lipinski definition) is 3. The molecule has 0 saturated heterocycles. The summed E-state index contributed by atoms with van der Waals surface area (Å²) in [6, 6.07) is 8.55. The van der Waals surface area contributed by atoms with Gasteiger partial charge in [-0.05, 0) is 42.2 Å². The number of pyridine rings is 1. The van der Waals surface area contributed by atoms with Gasteiger partial charge in [-0.15, -0.1) is 0 Å². The van der Waals surface area contributed by atoms with Gasteiger partial charge in [-0.2, -0.15) is 0 Å². The van der Waals surface area contributed by atoms with Crippen molar-refractivity contribution in [1.29, 1.82) is 0 Å². The number of benzene rings is 1. The summed E-state index contributed by atoms with van der Waals surface area (Å²) < 4.78 is 13.3. The Balaban J connectivity index is 2.25. The number of rotatable bonds is 4. The minimum atomic E-state index is -0.222. The molecular formula is C14H17FN4. The number of aromatic nitrogens is 1. The van der Waals surface area contributed by atoms with Gasteiger partial charge in [0.05, 0.1) is 6.04 Å². The summed E-state index contributed by atoms with van der Waals surface area (Å²) in [6.07, 6.45) is 2.24. The molecule has 1 aromatic carbocycles. The largest absolute Gasteiger partial charge is 0.383 e. The Morgan fingerprint density at radius 2 is 2.16 bits per heavy atom. The Morgan fingerprint density at radius 1 is 1.37 bits per heavy atom. The molecule has 1 atom stereocenters. The van der Waals surface area contributed by atoms with Crippen LogP contribution in [0.1, 0.15) is 22.7 Å². The predicted molar refractivity (Wildman–Crippen MR) is 73.6 cm³/mol. The Morgan fingerprint density at radius 3 is 2.79 bits per heavy atom. The van der Waals surface area contributed by atoms with E-state index in [1.807, 2.05) is 12.1 Å². The summed E-state index contributed by atoms with van der Waals surface area (Å²) in [5.41, 5.74) is 11.0. The summed E-state index contributed by atoms with van der Waals surface area (Å²) in [6.45, 7) is 1.73. The van der Waals surface area contributed by atoms with Crippen LogP contribution in [0, 0.1) is 12.7 Å². The number of hydrogen-bond acceptors (Lipinski definition) is 4. The molecule has 19 heavy (non-hydrogen) atoms. The first-order chi connectivity index (χ1) is 9.11. The van der Waals surface area contributed by atoms with Crippen LogP contribution in [0.4, 0.5) is 10.2 Å². The zero-order chi connectivity index (χ0) is 13.8. The number of aryl methyl sites for hydroxylation is 1. The maximum atomic E-state index is 13.3. The third kappa shape index (κ3) is 3.07. The van der Waals surface area contributed by atoms with Gasteiger partial charge in [-0.25, -0.2) is 9.37 Å². The zero-order valence-electron chi connectivity index (χ0n) is 10.7. The normalized spacial score (nSPS) is 12.4. The lowest BCUT2D eigenvalue weighted by Gasteiger charge is -2.17. The van der Waals surface area contributed by atoms with E-state index in [2.05, 4.69) is 10.4 Å². The highest BCUT2D eigenvalue weighted by molar-refractivity contribution is 5.40. The molecule has 0 aliphatic carbocycles. The smallest absolute Gasteiger partial charge is 0.126 e. The van der Waals surface area contributed by atoms with Crippen LogP contribution in [0.3, 0.4) is 0 Å². The van der Waals surface area contributed by atoms with Gasteiger partial charge >= 0.3 is 0 Å². The molecule has 0 radical (unpaired) electrons. The summed E-state index contributed by atoms with van der Waals surface area (Å²) in [5.74, 6) is 5.85. The Hall–Kier alpha value is -1.98. The van der Waals surface area contributed by atoms with E-state index >= 15 is 0 Å². The van der Waals surface area contributed by atoms with Crippen molar-refractivity contribution in [3.8, 4) is 0 Å². The van der Waals surface area contributed by atoms with Gasteiger partial charge in [0.1, 0.15) is 11.6 Å². The van der Waals surface area contributed by atoms with E-state index in [-0.39, 0.29) is 11.9 Å². The molecule has 4 nitrogen and oxygen atoms in total. The van der Waals surface area contributed by atoms with E-state index in [0.29, 0.717) is 17.8 Å². The average Bonchev–Trinajstić information content (AvgIpc) is 2.41. The molecule has 0 spiro atoms. The first kappa shape index (κ1) is 13.5. The molecule has 0 bridgehead atoms. The van der Waals surface area contributed by atoms with Crippen molar-refractivity contribution in [2.45, 2.75) is 19.4 Å². The van der Waals surface area contributed by atoms with Gasteiger partial charge in [-0.1, -0.05) is 18.2 Å². The summed E-state index contributed by atoms with van der Waals surface area (Å²) in [7, 11) is 0. The van der Waals surface area contributed by atoms with Crippen LogP contribution in [-0.2, 0) is 6.42 Å². The molecule has 0 fully saturated rings. The molecule has 0 amide bonds. The average molecular weight is 260 g/mol. The van der Waals surface area contributed by atoms with E-state index in [4.69, 9.17) is 11.6 Å². The molecule has 100 valence electrons. The van der Waals surface area contributed by atoms with Crippen LogP contribution < -0.4 is 17.0 Å². The fourth-order valence-electron chi connectivity index (χ4n) is 2.00. The van der Waals surface area contributed by atoms with Gasteiger partial charge in [0.25, 0.3) is 0 Å². The number of halogens is 1. The van der Waals surface area contributed by atoms with Crippen molar-refractivity contribution in [2.75, 3.05) is 5.73 Å². The van der Waals surface area contributed by atoms with Crippen LogP contribution in [0.2, 0.25) is 0 Å². The van der Waals surface area contributed by atoms with Gasteiger partial charge < -0.3 is 5.73 Å². The van der Waals surface area contributed by atoms with Crippen molar-refractivity contribution >= 4 is 5.82 Å². The minimum absolute atomic E-state index is 0.134. The molecule has 1 heterocycles. The first-order valence-corrected chi connectivity index (χ1v) is 6.03. The van der Waals surface area contributed by atoms with Crippen LogP contribution >= 0.6 is 0 Å². The fourth-order valence-corrected chi connectivity index (χ4v) is 2.00. The second-order valence-electron chi connectivity index (χ2n) is 4.48. The van der Waals surface area contributed by atoms with E-state index in [9.17, 15) is 4.39 Å². The van der Waals surface area contributed by atoms with Crippen molar-refractivity contribution < 1.29 is 4.39 Å². The number of hydrazine groups is 1. The molecule has 1 unspecified atom stereocenters. The highest BCUT2D eigenvalue weighted by atomic mass is 19.1. The number of nitrogens with one attached hydrogen (secondary N) is 1. The summed E-state index contributed by atoms with van der Waals surface area (Å²) in [5, 5.41) is 0. The lowest BCUT2D eigenvalue weighted by molar-refractivity contribution is 0.548. The summed E-state index contributed by atoms with van der Waals surface area (Å²) in [4.78, 5) is 4.04. The topological polar surface area (TPSA) is 77.0 Å². The quantitative estimate of drug-likeness (QED) is 0.579. The van der Waals surface area contributed by atoms with Gasteiger partial charge in [0.2, 0.25) is 0 Å². The van der Waals surface area contributed by atoms with Gasteiger partial charge in [-0.3, -0.25) is 11.3 Å². The fraction of sp³-hybridized carbons (Fsp3) is 0.214. The van der Waals surface area contributed by atoms with Gasteiger partial charge in [0.15, 0.2) is 0 Å². The van der Waals surface area contributed by atoms with Crippen molar-refractivity contribution in [2.24, 2.45) is 5.84 Å². The van der Waals surface area contributed by atoms with Crippen LogP contribution in [0.5, 0.6) is 0 Å². The maximum absolute atomic E-state index is 13.3. The molecule has 0 aliphatic rings. The van der Waals surface area contributed by atoms with Crippen molar-refractivity contribution in [3.05, 3.63) is 59.0 Å². The lowest BCUT2D eigenvalue weighted by atomic mass is 9.98. The second-order valence-corrected chi connectivity index (χ2v) is 4.48. The SMILES string of the molecule is Cc1cc(C(Cc2cccnc2N)NN)ccc1F. The van der Waals surface area contributed by atoms with Crippen LogP contribution in [-0.4, -0.2) is 4.98 Å². The Labute approximate surface area is 111 Å². The highest BCUT2D eigenvalue weighted by Crippen LogP contribution is 2.22. The third-order valence-electron chi connectivity index (χ3n) is 3.14. The molecule has 2 rings (SSSR count). The molecule has 0 aliphatic heterocycles. The van der Waals surface area contributed by atoms with Crippen LogP contribution in [0.15, 0.2) is 36.5 Å². The monoisotopic (exact) mass is 260 g/mol. The second kappa shape index (κ2) is 5.77. The van der Waals surface area contributed by atoms with Gasteiger partial charge in [0, 0.05) is 6.20 Å². The zero-order valence-corrected chi connectivity index (χ0v) is 10.7. The summed E-state index contributed by atoms with van der Waals surface area (Å²) >= 11 is 0. The van der Waals surface area contributed by atoms with Crippen molar-refractivity contribution in [3.63, 3.8) is 0 Å². The Bertz CT molecular complexity index is 571. The third-order valence-corrected chi connectivity index (χ3v) is 3.14. The molecule has 0 saturated carbocycles. The number of nitrogen functional groups attached to an aromatic ring is 1. The number of anilines is 1. The number of nitrogens with two attached hydrogens (primary N) is 2. The van der Waals surface area contributed by atoms with E-state index in [1.165, 1.54) is 6.07 Å². The predicted octanol–water partition coefficient (Wildman–Crippen LogP) is 1.86. The molecule has 5 heteroatoms. The molecule has 2 aromatic rings. The van der Waals surface area contributed by atoms with E-state index in [1.54, 1.807) is 25.3 Å². The Kier molecular flexibility index (Phi) is 4.09. The van der Waals surface area contributed by atoms with Crippen LogP contribution in [0.25, 0.3) is 0 Å². The molecule has 1 aromatic heterocycles. The van der Waals surface area contributed by atoms with Crippen molar-refractivity contribution in [1.82, 2.24) is 10.4 Å². The van der Waals surface area contributed by atoms with E-state index < -0.39 is 0 Å². The molecule has 5 N–H and O–H groups in total. The maximum Gasteiger partial charge on any atom is 0.126 e. The highest BCUT2D eigenvalue weighted by Gasteiger charge is 2.13.